The third kappa shape index (κ3) is 4.79. The predicted molar refractivity (Wildman–Crippen MR) is 94.3 cm³/mol. The molecule has 1 fully saturated rings. The van der Waals surface area contributed by atoms with E-state index in [4.69, 9.17) is 14.2 Å². The van der Waals surface area contributed by atoms with E-state index in [1.807, 2.05) is 35.2 Å². The molecule has 1 aliphatic carbocycles. The van der Waals surface area contributed by atoms with Crippen LogP contribution >= 0.6 is 0 Å². The second kappa shape index (κ2) is 9.77. The molecule has 1 aliphatic rings. The number of anilines is 1. The van der Waals surface area contributed by atoms with Crippen molar-refractivity contribution >= 4 is 11.6 Å². The molecule has 2 rings (SSSR count). The van der Waals surface area contributed by atoms with Gasteiger partial charge in [-0.15, -0.1) is 0 Å². The Balaban J connectivity index is 2.24. The largest absolute Gasteiger partial charge is 0.384 e. The fourth-order valence-corrected chi connectivity index (χ4v) is 3.26. The molecular weight excluding hydrogens is 306 g/mol. The van der Waals surface area contributed by atoms with Crippen LogP contribution in [-0.4, -0.2) is 51.6 Å². The molecule has 3 atom stereocenters. The van der Waals surface area contributed by atoms with Crippen LogP contribution in [0, 0.1) is 0 Å². The molecule has 24 heavy (non-hydrogen) atoms. The summed E-state index contributed by atoms with van der Waals surface area (Å²) in [5, 5.41) is 0. The molecule has 134 valence electrons. The fraction of sp³-hybridized carbons (Fsp3) is 0.632. The van der Waals surface area contributed by atoms with Crippen molar-refractivity contribution in [2.45, 2.75) is 50.9 Å². The first-order chi connectivity index (χ1) is 11.7. The van der Waals surface area contributed by atoms with Crippen LogP contribution in [0.3, 0.4) is 0 Å². The molecule has 0 heterocycles. The van der Waals surface area contributed by atoms with Crippen LogP contribution in [0.4, 0.5) is 5.69 Å². The molecule has 0 N–H and O–H groups in total. The van der Waals surface area contributed by atoms with Gasteiger partial charge in [0.05, 0.1) is 31.3 Å². The zero-order chi connectivity index (χ0) is 17.4. The summed E-state index contributed by atoms with van der Waals surface area (Å²) in [4.78, 5) is 14.7. The standard InChI is InChI=1S/C19H29NO4/c1-4-11-24-18-14-16(23-3)13-17(18)20(19(21)10-12-22-2)15-8-6-5-7-9-15/h5-9,16-18H,4,10-14H2,1-3H3. The molecule has 0 aromatic heterocycles. The average molecular weight is 335 g/mol. The van der Waals surface area contributed by atoms with Crippen LogP contribution in [0.15, 0.2) is 30.3 Å². The third-order valence-corrected chi connectivity index (χ3v) is 4.45. The number of rotatable bonds is 9. The summed E-state index contributed by atoms with van der Waals surface area (Å²) < 4.78 is 16.7. The monoisotopic (exact) mass is 335 g/mol. The van der Waals surface area contributed by atoms with Crippen molar-refractivity contribution in [3.8, 4) is 0 Å². The zero-order valence-corrected chi connectivity index (χ0v) is 14.9. The Morgan fingerprint density at radius 3 is 2.54 bits per heavy atom. The van der Waals surface area contributed by atoms with Crippen LogP contribution in [0.1, 0.15) is 32.6 Å². The van der Waals surface area contributed by atoms with Gasteiger partial charge in [-0.25, -0.2) is 0 Å². The van der Waals surface area contributed by atoms with Crippen molar-refractivity contribution in [3.63, 3.8) is 0 Å². The smallest absolute Gasteiger partial charge is 0.229 e. The van der Waals surface area contributed by atoms with Gasteiger partial charge in [-0.3, -0.25) is 4.79 Å². The lowest BCUT2D eigenvalue weighted by Crippen LogP contribution is -2.46. The van der Waals surface area contributed by atoms with Gasteiger partial charge >= 0.3 is 0 Å². The molecule has 0 aliphatic heterocycles. The van der Waals surface area contributed by atoms with Crippen LogP contribution in [-0.2, 0) is 19.0 Å². The Morgan fingerprint density at radius 2 is 1.92 bits per heavy atom. The summed E-state index contributed by atoms with van der Waals surface area (Å²) in [5.74, 6) is 0.0647. The number of methoxy groups -OCH3 is 2. The highest BCUT2D eigenvalue weighted by Gasteiger charge is 2.41. The second-order valence-corrected chi connectivity index (χ2v) is 6.15. The molecule has 0 bridgehead atoms. The Hall–Kier alpha value is -1.43. The van der Waals surface area contributed by atoms with Gasteiger partial charge < -0.3 is 19.1 Å². The highest BCUT2D eigenvalue weighted by atomic mass is 16.5. The average Bonchev–Trinajstić information content (AvgIpc) is 3.02. The lowest BCUT2D eigenvalue weighted by atomic mass is 10.1. The summed E-state index contributed by atoms with van der Waals surface area (Å²) in [5.41, 5.74) is 0.908. The molecule has 1 aromatic rings. The summed E-state index contributed by atoms with van der Waals surface area (Å²) in [6.45, 7) is 3.21. The molecule has 5 heteroatoms. The number of carbonyl (C=O) groups is 1. The summed E-state index contributed by atoms with van der Waals surface area (Å²) in [6.07, 6.45) is 3.06. The summed E-state index contributed by atoms with van der Waals surface area (Å²) >= 11 is 0. The van der Waals surface area contributed by atoms with Crippen molar-refractivity contribution < 1.29 is 19.0 Å². The van der Waals surface area contributed by atoms with E-state index in [2.05, 4.69) is 6.92 Å². The Kier molecular flexibility index (Phi) is 7.69. The van der Waals surface area contributed by atoms with Crippen molar-refractivity contribution in [1.29, 1.82) is 0 Å². The van der Waals surface area contributed by atoms with Crippen molar-refractivity contribution in [1.82, 2.24) is 0 Å². The minimum atomic E-state index is -0.00624. The van der Waals surface area contributed by atoms with Crippen LogP contribution in [0.25, 0.3) is 0 Å². The normalized spacial score (nSPS) is 23.4. The molecule has 1 aromatic carbocycles. The quantitative estimate of drug-likeness (QED) is 0.696. The summed E-state index contributed by atoms with van der Waals surface area (Å²) in [7, 11) is 3.34. The number of ether oxygens (including phenoxy) is 3. The predicted octanol–water partition coefficient (Wildman–Crippen LogP) is 3.03. The number of hydrogen-bond acceptors (Lipinski definition) is 4. The van der Waals surface area contributed by atoms with Gasteiger partial charge in [-0.05, 0) is 25.0 Å². The van der Waals surface area contributed by atoms with E-state index in [0.717, 1.165) is 24.9 Å². The van der Waals surface area contributed by atoms with E-state index in [-0.39, 0.29) is 24.2 Å². The lowest BCUT2D eigenvalue weighted by molar-refractivity contribution is -0.120. The highest BCUT2D eigenvalue weighted by Crippen LogP contribution is 2.33. The maximum atomic E-state index is 12.9. The van der Waals surface area contributed by atoms with Gasteiger partial charge in [0.1, 0.15) is 0 Å². The number of para-hydroxylation sites is 1. The Morgan fingerprint density at radius 1 is 1.17 bits per heavy atom. The van der Waals surface area contributed by atoms with Gasteiger partial charge in [-0.1, -0.05) is 25.1 Å². The van der Waals surface area contributed by atoms with E-state index in [1.165, 1.54) is 0 Å². The first kappa shape index (κ1) is 18.9. The van der Waals surface area contributed by atoms with E-state index in [1.54, 1.807) is 14.2 Å². The number of benzene rings is 1. The zero-order valence-electron chi connectivity index (χ0n) is 14.9. The Bertz CT molecular complexity index is 493. The maximum Gasteiger partial charge on any atom is 0.229 e. The van der Waals surface area contributed by atoms with E-state index < -0.39 is 0 Å². The van der Waals surface area contributed by atoms with Gasteiger partial charge in [0.25, 0.3) is 0 Å². The molecule has 1 amide bonds. The highest BCUT2D eigenvalue weighted by molar-refractivity contribution is 5.94. The number of carbonyl (C=O) groups excluding carboxylic acids is 1. The SMILES string of the molecule is CCCOC1CC(OC)CC1N(C(=O)CCOC)c1ccccc1. The molecule has 0 spiro atoms. The number of amides is 1. The van der Waals surface area contributed by atoms with E-state index in [0.29, 0.717) is 19.6 Å². The minimum absolute atomic E-state index is 0.00148. The summed E-state index contributed by atoms with van der Waals surface area (Å²) in [6, 6.07) is 9.81. The van der Waals surface area contributed by atoms with Crippen molar-refractivity contribution in [3.05, 3.63) is 30.3 Å². The minimum Gasteiger partial charge on any atom is -0.384 e. The van der Waals surface area contributed by atoms with Crippen LogP contribution in [0.5, 0.6) is 0 Å². The first-order valence-electron chi connectivity index (χ1n) is 8.71. The first-order valence-corrected chi connectivity index (χ1v) is 8.71. The van der Waals surface area contributed by atoms with E-state index in [9.17, 15) is 4.79 Å². The van der Waals surface area contributed by atoms with Crippen LogP contribution < -0.4 is 4.90 Å². The topological polar surface area (TPSA) is 48.0 Å². The second-order valence-electron chi connectivity index (χ2n) is 6.15. The van der Waals surface area contributed by atoms with Gasteiger partial charge in [0.2, 0.25) is 5.91 Å². The maximum absolute atomic E-state index is 12.9. The molecule has 1 saturated carbocycles. The molecule has 0 saturated heterocycles. The third-order valence-electron chi connectivity index (χ3n) is 4.45. The molecular formula is C19H29NO4. The number of nitrogens with zero attached hydrogens (tertiary/aromatic N) is 1. The fourth-order valence-electron chi connectivity index (χ4n) is 3.26. The molecule has 3 unspecified atom stereocenters. The lowest BCUT2D eigenvalue weighted by Gasteiger charge is -2.33. The Labute approximate surface area is 144 Å². The van der Waals surface area contributed by atoms with E-state index >= 15 is 0 Å². The molecule has 5 nitrogen and oxygen atoms in total. The van der Waals surface area contributed by atoms with Crippen molar-refractivity contribution in [2.75, 3.05) is 32.3 Å². The molecule has 0 radical (unpaired) electrons. The van der Waals surface area contributed by atoms with Crippen molar-refractivity contribution in [2.24, 2.45) is 0 Å². The van der Waals surface area contributed by atoms with Gasteiger partial charge in [0, 0.05) is 32.9 Å². The van der Waals surface area contributed by atoms with Crippen LogP contribution in [0.2, 0.25) is 0 Å². The van der Waals surface area contributed by atoms with Gasteiger partial charge in [-0.2, -0.15) is 0 Å². The number of hydrogen-bond donors (Lipinski definition) is 0. The van der Waals surface area contributed by atoms with Gasteiger partial charge in [0.15, 0.2) is 0 Å².